The van der Waals surface area contributed by atoms with Crippen molar-refractivity contribution in [3.05, 3.63) is 52.1 Å². The van der Waals surface area contributed by atoms with Gasteiger partial charge in [-0.1, -0.05) is 23.2 Å². The third kappa shape index (κ3) is 3.40. The Bertz CT molecular complexity index is 876. The van der Waals surface area contributed by atoms with Gasteiger partial charge >= 0.3 is 0 Å². The molecule has 7 heteroatoms. The highest BCUT2D eigenvalue weighted by Gasteiger charge is 2.55. The van der Waals surface area contributed by atoms with E-state index in [1.54, 1.807) is 31.5 Å². The minimum atomic E-state index is -0.381. The molecule has 2 N–H and O–H groups in total. The van der Waals surface area contributed by atoms with E-state index < -0.39 is 0 Å². The maximum Gasteiger partial charge on any atom is 0.228 e. The van der Waals surface area contributed by atoms with Gasteiger partial charge in [0.25, 0.3) is 0 Å². The summed E-state index contributed by atoms with van der Waals surface area (Å²) in [7, 11) is 1.57. The second-order valence-corrected chi connectivity index (χ2v) is 8.08. The Labute approximate surface area is 167 Å². The number of carbonyl (C=O) groups is 1. The molecule has 1 heterocycles. The third-order valence-corrected chi connectivity index (χ3v) is 6.55. The number of nitrogens with one attached hydrogen (secondary N) is 1. The summed E-state index contributed by atoms with van der Waals surface area (Å²) in [6, 6.07) is 8.81. The van der Waals surface area contributed by atoms with Crippen LogP contribution >= 0.6 is 23.2 Å². The molecule has 5 atom stereocenters. The van der Waals surface area contributed by atoms with Crippen LogP contribution in [-0.4, -0.2) is 29.2 Å². The van der Waals surface area contributed by atoms with Crippen molar-refractivity contribution in [2.45, 2.75) is 24.9 Å². The monoisotopic (exact) mass is 406 g/mol. The lowest BCUT2D eigenvalue weighted by Crippen LogP contribution is -2.37. The van der Waals surface area contributed by atoms with Crippen LogP contribution in [0.1, 0.15) is 24.3 Å². The molecule has 1 aromatic heterocycles. The van der Waals surface area contributed by atoms with Crippen LogP contribution in [0.25, 0.3) is 0 Å². The first-order valence-electron chi connectivity index (χ1n) is 8.92. The molecule has 1 aromatic carbocycles. The zero-order valence-corrected chi connectivity index (χ0v) is 16.2. The van der Waals surface area contributed by atoms with E-state index in [1.807, 2.05) is 12.1 Å². The van der Waals surface area contributed by atoms with Gasteiger partial charge in [0.2, 0.25) is 11.8 Å². The fourth-order valence-corrected chi connectivity index (χ4v) is 5.00. The summed E-state index contributed by atoms with van der Waals surface area (Å²) in [6.45, 7) is 0. The molecule has 0 spiro atoms. The maximum absolute atomic E-state index is 13.1. The van der Waals surface area contributed by atoms with Gasteiger partial charge in [0, 0.05) is 29.8 Å². The lowest BCUT2D eigenvalue weighted by Gasteiger charge is -2.33. The molecule has 2 aromatic rings. The first kappa shape index (κ1) is 18.5. The van der Waals surface area contributed by atoms with E-state index in [9.17, 15) is 9.90 Å². The first-order chi connectivity index (χ1) is 13.0. The van der Waals surface area contributed by atoms with E-state index in [-0.39, 0.29) is 35.7 Å². The molecule has 27 heavy (non-hydrogen) atoms. The first-order valence-corrected chi connectivity index (χ1v) is 9.67. The number of aliphatic hydroxyl groups excluding tert-OH is 1. The highest BCUT2D eigenvalue weighted by atomic mass is 35.5. The minimum Gasteiger partial charge on any atom is -0.481 e. The van der Waals surface area contributed by atoms with Crippen LogP contribution in [-0.2, 0) is 4.79 Å². The molecule has 4 rings (SSSR count). The number of hydrogen-bond acceptors (Lipinski definition) is 4. The molecule has 0 saturated heterocycles. The van der Waals surface area contributed by atoms with Crippen LogP contribution in [0.4, 0.5) is 5.69 Å². The molecule has 1 amide bonds. The van der Waals surface area contributed by atoms with Gasteiger partial charge in [-0.2, -0.15) is 0 Å². The molecule has 2 aliphatic carbocycles. The molecule has 0 unspecified atom stereocenters. The van der Waals surface area contributed by atoms with Crippen molar-refractivity contribution in [2.24, 2.45) is 17.8 Å². The quantitative estimate of drug-likeness (QED) is 0.800. The Morgan fingerprint density at radius 2 is 2.04 bits per heavy atom. The number of methoxy groups -OCH3 is 1. The van der Waals surface area contributed by atoms with Crippen LogP contribution in [0.15, 0.2) is 36.5 Å². The van der Waals surface area contributed by atoms with Gasteiger partial charge in [-0.25, -0.2) is 4.98 Å². The van der Waals surface area contributed by atoms with Gasteiger partial charge in [-0.15, -0.1) is 0 Å². The van der Waals surface area contributed by atoms with Crippen LogP contribution in [0.2, 0.25) is 10.0 Å². The second-order valence-electron chi connectivity index (χ2n) is 7.26. The van der Waals surface area contributed by atoms with Crippen LogP contribution in [0, 0.1) is 17.8 Å². The number of nitrogens with zero attached hydrogens (tertiary/aromatic N) is 1. The topological polar surface area (TPSA) is 71.5 Å². The Kier molecular flexibility index (Phi) is 5.01. The Balaban J connectivity index is 1.62. The smallest absolute Gasteiger partial charge is 0.228 e. The number of carbonyl (C=O) groups excluding carboxylic acids is 1. The number of aromatic nitrogens is 1. The average molecular weight is 407 g/mol. The van der Waals surface area contributed by atoms with Gasteiger partial charge in [0.1, 0.15) is 0 Å². The van der Waals surface area contributed by atoms with Crippen LogP contribution in [0.3, 0.4) is 0 Å². The van der Waals surface area contributed by atoms with E-state index in [0.29, 0.717) is 28.0 Å². The summed E-state index contributed by atoms with van der Waals surface area (Å²) in [5.74, 6) is 0.365. The van der Waals surface area contributed by atoms with E-state index in [4.69, 9.17) is 27.9 Å². The Morgan fingerprint density at radius 1 is 1.22 bits per heavy atom. The van der Waals surface area contributed by atoms with Gasteiger partial charge in [-0.3, -0.25) is 4.79 Å². The molecule has 2 aliphatic rings. The van der Waals surface area contributed by atoms with Crippen molar-refractivity contribution in [2.75, 3.05) is 12.4 Å². The zero-order chi connectivity index (χ0) is 19.1. The number of halogens is 2. The van der Waals surface area contributed by atoms with E-state index in [0.717, 1.165) is 12.0 Å². The minimum absolute atomic E-state index is 0.0615. The molecule has 2 saturated carbocycles. The normalized spacial score (nSPS) is 29.0. The number of hydrogen-bond donors (Lipinski definition) is 2. The maximum atomic E-state index is 13.1. The molecule has 5 nitrogen and oxygen atoms in total. The summed E-state index contributed by atoms with van der Waals surface area (Å²) < 4.78 is 5.24. The predicted molar refractivity (Wildman–Crippen MR) is 104 cm³/mol. The molecule has 2 bridgehead atoms. The Morgan fingerprint density at radius 3 is 2.78 bits per heavy atom. The summed E-state index contributed by atoms with van der Waals surface area (Å²) in [4.78, 5) is 17.3. The van der Waals surface area contributed by atoms with Crippen molar-refractivity contribution in [3.63, 3.8) is 0 Å². The van der Waals surface area contributed by atoms with Crippen LogP contribution < -0.4 is 10.1 Å². The van der Waals surface area contributed by atoms with Crippen LogP contribution in [0.5, 0.6) is 5.88 Å². The SMILES string of the molecule is COc1cc([C@@H]2[C@@H]3C[C@@H](C[C@H]3O)[C@@H]2C(=O)Nc2ccc(Cl)c(Cl)c2)ccn1. The third-order valence-electron chi connectivity index (χ3n) is 5.81. The van der Waals surface area contributed by atoms with Gasteiger partial charge in [-0.05, 0) is 54.5 Å². The second kappa shape index (κ2) is 7.30. The summed E-state index contributed by atoms with van der Waals surface area (Å²) >= 11 is 12.0. The van der Waals surface area contributed by atoms with Crippen molar-refractivity contribution in [1.82, 2.24) is 4.98 Å². The lowest BCUT2D eigenvalue weighted by atomic mass is 9.74. The molecule has 0 aliphatic heterocycles. The van der Waals surface area contributed by atoms with Crippen molar-refractivity contribution >= 4 is 34.8 Å². The predicted octanol–water partition coefficient (Wildman–Crippen LogP) is 4.14. The molecular weight excluding hydrogens is 387 g/mol. The number of pyridine rings is 1. The van der Waals surface area contributed by atoms with E-state index >= 15 is 0 Å². The summed E-state index contributed by atoms with van der Waals surface area (Å²) in [5.41, 5.74) is 1.59. The largest absolute Gasteiger partial charge is 0.481 e. The molecule has 0 radical (unpaired) electrons. The number of aliphatic hydroxyl groups is 1. The summed E-state index contributed by atoms with van der Waals surface area (Å²) in [6.07, 6.45) is 2.80. The van der Waals surface area contributed by atoms with Crippen molar-refractivity contribution < 1.29 is 14.6 Å². The number of fused-ring (bicyclic) bond motifs is 2. The van der Waals surface area contributed by atoms with Crippen molar-refractivity contribution in [3.8, 4) is 5.88 Å². The van der Waals surface area contributed by atoms with Gasteiger partial charge in [0.15, 0.2) is 0 Å². The molecule has 2 fully saturated rings. The zero-order valence-electron chi connectivity index (χ0n) is 14.7. The summed E-state index contributed by atoms with van der Waals surface area (Å²) in [5, 5.41) is 14.2. The van der Waals surface area contributed by atoms with Gasteiger partial charge < -0.3 is 15.2 Å². The molecular formula is C20H20Cl2N2O3. The van der Waals surface area contributed by atoms with E-state index in [1.165, 1.54) is 0 Å². The Hall–Kier alpha value is -1.82. The van der Waals surface area contributed by atoms with Crippen molar-refractivity contribution in [1.29, 1.82) is 0 Å². The number of ether oxygens (including phenoxy) is 1. The highest BCUT2D eigenvalue weighted by molar-refractivity contribution is 6.42. The fourth-order valence-electron chi connectivity index (χ4n) is 4.70. The number of benzene rings is 1. The number of anilines is 1. The number of amides is 1. The standard InChI is InChI=1S/C20H20Cl2N2O3/c1-27-17-8-10(4-5-23-17)18-13-6-11(7-16(13)25)19(18)20(26)24-12-2-3-14(21)15(22)9-12/h2-5,8-9,11,13,16,18-19,25H,6-7H2,1H3,(H,24,26)/t11-,13+,16+,18+,19-/m0/s1. The number of rotatable bonds is 4. The average Bonchev–Trinajstić information content (AvgIpc) is 3.21. The van der Waals surface area contributed by atoms with Gasteiger partial charge in [0.05, 0.1) is 23.3 Å². The highest BCUT2D eigenvalue weighted by Crippen LogP contribution is 2.57. The molecule has 142 valence electrons. The fraction of sp³-hybridized carbons (Fsp3) is 0.400. The van der Waals surface area contributed by atoms with E-state index in [2.05, 4.69) is 10.3 Å². The lowest BCUT2D eigenvalue weighted by molar-refractivity contribution is -0.122.